The third-order valence-corrected chi connectivity index (χ3v) is 4.07. The molecule has 0 spiro atoms. The average Bonchev–Trinajstić information content (AvgIpc) is 2.30. The third-order valence-electron chi connectivity index (χ3n) is 4.07. The molecule has 0 aromatic heterocycles. The fourth-order valence-corrected chi connectivity index (χ4v) is 2.14. The van der Waals surface area contributed by atoms with Gasteiger partial charge in [-0.25, -0.2) is 0 Å². The number of benzene rings is 1. The van der Waals surface area contributed by atoms with Gasteiger partial charge in [0.05, 0.1) is 6.61 Å². The highest BCUT2D eigenvalue weighted by molar-refractivity contribution is 5.30. The first-order chi connectivity index (χ1) is 7.95. The number of aliphatic hydroxyl groups excluding tert-OH is 1. The van der Waals surface area contributed by atoms with E-state index in [1.165, 1.54) is 16.7 Å². The summed E-state index contributed by atoms with van der Waals surface area (Å²) in [6.07, 6.45) is 0.846. The molecular formula is C15H25NO. The minimum atomic E-state index is -0.193. The second-order valence-electron chi connectivity index (χ2n) is 5.47. The zero-order valence-corrected chi connectivity index (χ0v) is 11.5. The second kappa shape index (κ2) is 5.65. The molecule has 0 amide bonds. The van der Waals surface area contributed by atoms with E-state index in [1.54, 1.807) is 0 Å². The molecule has 96 valence electrons. The Balaban J connectivity index is 2.97. The molecule has 3 N–H and O–H groups in total. The zero-order valence-electron chi connectivity index (χ0n) is 11.5. The Morgan fingerprint density at radius 3 is 2.29 bits per heavy atom. The van der Waals surface area contributed by atoms with Crippen LogP contribution in [0, 0.1) is 25.2 Å². The minimum absolute atomic E-state index is 0.147. The van der Waals surface area contributed by atoms with Gasteiger partial charge in [0.25, 0.3) is 0 Å². The first-order valence-electron chi connectivity index (χ1n) is 6.32. The molecule has 2 heteroatoms. The summed E-state index contributed by atoms with van der Waals surface area (Å²) >= 11 is 0. The summed E-state index contributed by atoms with van der Waals surface area (Å²) in [4.78, 5) is 0. The molecule has 1 aromatic rings. The van der Waals surface area contributed by atoms with Crippen molar-refractivity contribution < 1.29 is 5.11 Å². The quantitative estimate of drug-likeness (QED) is 0.823. The second-order valence-corrected chi connectivity index (χ2v) is 5.47. The number of rotatable bonds is 5. The van der Waals surface area contributed by atoms with E-state index < -0.39 is 0 Å². The highest BCUT2D eigenvalue weighted by Gasteiger charge is 2.31. The van der Waals surface area contributed by atoms with Crippen LogP contribution in [0.4, 0.5) is 0 Å². The molecule has 0 aliphatic carbocycles. The van der Waals surface area contributed by atoms with E-state index in [1.807, 2.05) is 0 Å². The molecule has 1 atom stereocenters. The van der Waals surface area contributed by atoms with Gasteiger partial charge in [0, 0.05) is 12.0 Å². The number of hydrogen-bond donors (Lipinski definition) is 2. The Hall–Kier alpha value is -0.860. The molecule has 2 nitrogen and oxygen atoms in total. The minimum Gasteiger partial charge on any atom is -0.396 e. The highest BCUT2D eigenvalue weighted by atomic mass is 16.3. The molecule has 17 heavy (non-hydrogen) atoms. The molecule has 0 radical (unpaired) electrons. The van der Waals surface area contributed by atoms with Gasteiger partial charge in [-0.15, -0.1) is 0 Å². The third kappa shape index (κ3) is 3.08. The molecule has 0 fully saturated rings. The molecule has 0 aliphatic rings. The van der Waals surface area contributed by atoms with Gasteiger partial charge in [-0.05, 0) is 42.9 Å². The summed E-state index contributed by atoms with van der Waals surface area (Å²) in [5.41, 5.74) is 9.55. The summed E-state index contributed by atoms with van der Waals surface area (Å²) in [7, 11) is 0. The van der Waals surface area contributed by atoms with Crippen LogP contribution in [0.25, 0.3) is 0 Å². The number of hydrogen-bond acceptors (Lipinski definition) is 2. The van der Waals surface area contributed by atoms with Gasteiger partial charge < -0.3 is 10.8 Å². The Labute approximate surface area is 105 Å². The van der Waals surface area contributed by atoms with Crippen molar-refractivity contribution >= 4 is 0 Å². The molecule has 1 aromatic carbocycles. The molecule has 0 bridgehead atoms. The van der Waals surface area contributed by atoms with Crippen molar-refractivity contribution in [3.8, 4) is 0 Å². The maximum Gasteiger partial charge on any atom is 0.0505 e. The summed E-state index contributed by atoms with van der Waals surface area (Å²) in [6, 6.07) is 6.49. The van der Waals surface area contributed by atoms with Crippen molar-refractivity contribution in [3.63, 3.8) is 0 Å². The van der Waals surface area contributed by atoms with Crippen LogP contribution in [-0.4, -0.2) is 18.3 Å². The SMILES string of the molecule is Cc1ccc(CC(CN)(CO)C(C)C)cc1C. The van der Waals surface area contributed by atoms with E-state index in [4.69, 9.17) is 5.73 Å². The van der Waals surface area contributed by atoms with Gasteiger partial charge in [-0.2, -0.15) is 0 Å². The summed E-state index contributed by atoms with van der Waals surface area (Å²) in [6.45, 7) is 9.16. The van der Waals surface area contributed by atoms with Crippen molar-refractivity contribution in [2.75, 3.05) is 13.2 Å². The number of aliphatic hydroxyl groups is 1. The van der Waals surface area contributed by atoms with E-state index in [-0.39, 0.29) is 12.0 Å². The monoisotopic (exact) mass is 235 g/mol. The normalized spacial score (nSPS) is 15.0. The lowest BCUT2D eigenvalue weighted by Gasteiger charge is -2.35. The van der Waals surface area contributed by atoms with Crippen molar-refractivity contribution in [3.05, 3.63) is 34.9 Å². The van der Waals surface area contributed by atoms with Gasteiger partial charge in [-0.1, -0.05) is 32.0 Å². The lowest BCUT2D eigenvalue weighted by Crippen LogP contribution is -2.41. The lowest BCUT2D eigenvalue weighted by molar-refractivity contribution is 0.0842. The van der Waals surface area contributed by atoms with Crippen LogP contribution in [-0.2, 0) is 6.42 Å². The topological polar surface area (TPSA) is 46.2 Å². The molecular weight excluding hydrogens is 210 g/mol. The van der Waals surface area contributed by atoms with E-state index >= 15 is 0 Å². The molecule has 0 saturated heterocycles. The Kier molecular flexibility index (Phi) is 4.72. The van der Waals surface area contributed by atoms with E-state index in [0.717, 1.165) is 6.42 Å². The highest BCUT2D eigenvalue weighted by Crippen LogP contribution is 2.30. The summed E-state index contributed by atoms with van der Waals surface area (Å²) in [5.74, 6) is 0.374. The molecule has 0 heterocycles. The zero-order chi connectivity index (χ0) is 13.1. The number of nitrogens with two attached hydrogens (primary N) is 1. The summed E-state index contributed by atoms with van der Waals surface area (Å²) < 4.78 is 0. The first kappa shape index (κ1) is 14.2. The predicted octanol–water partition coefficient (Wildman–Crippen LogP) is 2.44. The standard InChI is InChI=1S/C15H25NO/c1-11(2)15(9-16,10-17)8-14-6-5-12(3)13(4)7-14/h5-7,11,17H,8-10,16H2,1-4H3. The summed E-state index contributed by atoms with van der Waals surface area (Å²) in [5, 5.41) is 9.65. The van der Waals surface area contributed by atoms with Crippen molar-refractivity contribution in [2.45, 2.75) is 34.1 Å². The van der Waals surface area contributed by atoms with Crippen LogP contribution in [0.3, 0.4) is 0 Å². The Bertz CT molecular complexity index is 367. The van der Waals surface area contributed by atoms with Crippen LogP contribution >= 0.6 is 0 Å². The Morgan fingerprint density at radius 1 is 1.24 bits per heavy atom. The lowest BCUT2D eigenvalue weighted by atomic mass is 9.73. The maximum atomic E-state index is 9.65. The fraction of sp³-hybridized carbons (Fsp3) is 0.600. The van der Waals surface area contributed by atoms with E-state index in [9.17, 15) is 5.11 Å². The van der Waals surface area contributed by atoms with Crippen LogP contribution in [0.1, 0.15) is 30.5 Å². The van der Waals surface area contributed by atoms with Crippen LogP contribution in [0.5, 0.6) is 0 Å². The van der Waals surface area contributed by atoms with Gasteiger partial charge in [-0.3, -0.25) is 0 Å². The van der Waals surface area contributed by atoms with Gasteiger partial charge >= 0.3 is 0 Å². The Morgan fingerprint density at radius 2 is 1.88 bits per heavy atom. The predicted molar refractivity (Wildman–Crippen MR) is 73.0 cm³/mol. The van der Waals surface area contributed by atoms with Gasteiger partial charge in [0.1, 0.15) is 0 Å². The van der Waals surface area contributed by atoms with Crippen molar-refractivity contribution in [1.29, 1.82) is 0 Å². The molecule has 1 unspecified atom stereocenters. The molecule has 1 rings (SSSR count). The van der Waals surface area contributed by atoms with Crippen LogP contribution < -0.4 is 5.73 Å². The first-order valence-corrected chi connectivity index (χ1v) is 6.32. The fourth-order valence-electron chi connectivity index (χ4n) is 2.14. The smallest absolute Gasteiger partial charge is 0.0505 e. The molecule has 0 saturated carbocycles. The van der Waals surface area contributed by atoms with Crippen molar-refractivity contribution in [1.82, 2.24) is 0 Å². The van der Waals surface area contributed by atoms with Gasteiger partial charge in [0.2, 0.25) is 0 Å². The van der Waals surface area contributed by atoms with Gasteiger partial charge in [0.15, 0.2) is 0 Å². The molecule has 0 aliphatic heterocycles. The average molecular weight is 235 g/mol. The van der Waals surface area contributed by atoms with Crippen LogP contribution in [0.15, 0.2) is 18.2 Å². The van der Waals surface area contributed by atoms with E-state index in [0.29, 0.717) is 12.5 Å². The largest absolute Gasteiger partial charge is 0.396 e. The maximum absolute atomic E-state index is 9.65. The number of aryl methyl sites for hydroxylation is 2. The van der Waals surface area contributed by atoms with E-state index in [2.05, 4.69) is 45.9 Å². The van der Waals surface area contributed by atoms with Crippen LogP contribution in [0.2, 0.25) is 0 Å². The van der Waals surface area contributed by atoms with Crippen molar-refractivity contribution in [2.24, 2.45) is 17.1 Å².